The van der Waals surface area contributed by atoms with Crippen LogP contribution < -0.4 is 0 Å². The highest BCUT2D eigenvalue weighted by atomic mass is 16.5. The molecular formula is C26H22N2O2. The minimum absolute atomic E-state index is 0.319. The summed E-state index contributed by atoms with van der Waals surface area (Å²) >= 11 is 0. The summed E-state index contributed by atoms with van der Waals surface area (Å²) < 4.78 is 7.32. The Labute approximate surface area is 176 Å². The maximum atomic E-state index is 12.6. The van der Waals surface area contributed by atoms with Crippen LogP contribution in [0.5, 0.6) is 0 Å². The van der Waals surface area contributed by atoms with Crippen molar-refractivity contribution in [2.24, 2.45) is 0 Å². The first kappa shape index (κ1) is 19.5. The van der Waals surface area contributed by atoms with Gasteiger partial charge in [-0.05, 0) is 52.9 Å². The van der Waals surface area contributed by atoms with E-state index in [-0.39, 0.29) is 5.97 Å². The van der Waals surface area contributed by atoms with Crippen LogP contribution in [0.4, 0.5) is 0 Å². The second-order valence-electron chi connectivity index (χ2n) is 7.22. The van der Waals surface area contributed by atoms with Crippen molar-refractivity contribution >= 4 is 16.7 Å². The molecule has 0 N–H and O–H groups in total. The zero-order chi connectivity index (χ0) is 20.9. The first-order valence-electron chi connectivity index (χ1n) is 9.99. The van der Waals surface area contributed by atoms with Crippen LogP contribution in [-0.4, -0.2) is 17.1 Å². The molecule has 0 unspecified atom stereocenters. The van der Waals surface area contributed by atoms with Gasteiger partial charge in [-0.15, -0.1) is 0 Å². The lowest BCUT2D eigenvalue weighted by Crippen LogP contribution is -2.06. The van der Waals surface area contributed by atoms with E-state index >= 15 is 0 Å². The molecule has 1 heterocycles. The molecule has 0 amide bonds. The Hall–Kier alpha value is -3.84. The Morgan fingerprint density at radius 3 is 2.63 bits per heavy atom. The minimum atomic E-state index is -0.319. The Morgan fingerprint density at radius 2 is 1.80 bits per heavy atom. The summed E-state index contributed by atoms with van der Waals surface area (Å²) in [5, 5.41) is 11.6. The fourth-order valence-electron chi connectivity index (χ4n) is 3.78. The van der Waals surface area contributed by atoms with Gasteiger partial charge in [0.2, 0.25) is 0 Å². The number of rotatable bonds is 6. The fourth-order valence-corrected chi connectivity index (χ4v) is 3.78. The molecule has 0 fully saturated rings. The number of ether oxygens (including phenoxy) is 1. The Bertz CT molecular complexity index is 1240. The van der Waals surface area contributed by atoms with Gasteiger partial charge < -0.3 is 9.30 Å². The molecule has 0 aliphatic carbocycles. The summed E-state index contributed by atoms with van der Waals surface area (Å²) in [6, 6.07) is 24.2. The highest BCUT2D eigenvalue weighted by molar-refractivity contribution is 5.91. The lowest BCUT2D eigenvalue weighted by atomic mass is 10.0. The van der Waals surface area contributed by atoms with E-state index in [1.807, 2.05) is 47.3 Å². The van der Waals surface area contributed by atoms with Gasteiger partial charge in [-0.2, -0.15) is 5.26 Å². The fraction of sp³-hybridized carbons (Fsp3) is 0.154. The van der Waals surface area contributed by atoms with E-state index < -0.39 is 0 Å². The van der Waals surface area contributed by atoms with Gasteiger partial charge in [0, 0.05) is 18.9 Å². The van der Waals surface area contributed by atoms with Crippen LogP contribution in [0, 0.1) is 11.3 Å². The highest BCUT2D eigenvalue weighted by Gasteiger charge is 2.17. The average Bonchev–Trinajstić information content (AvgIpc) is 3.16. The van der Waals surface area contributed by atoms with Crippen molar-refractivity contribution in [3.05, 3.63) is 107 Å². The summed E-state index contributed by atoms with van der Waals surface area (Å²) in [7, 11) is 0. The molecule has 4 heteroatoms. The lowest BCUT2D eigenvalue weighted by Gasteiger charge is -2.07. The van der Waals surface area contributed by atoms with E-state index in [0.717, 1.165) is 11.1 Å². The van der Waals surface area contributed by atoms with Gasteiger partial charge in [-0.25, -0.2) is 4.79 Å². The first-order chi connectivity index (χ1) is 14.7. The lowest BCUT2D eigenvalue weighted by molar-refractivity contribution is 0.0525. The Kier molecular flexibility index (Phi) is 5.63. The molecule has 4 nitrogen and oxygen atoms in total. The average molecular weight is 394 g/mol. The smallest absolute Gasteiger partial charge is 0.339 e. The third-order valence-corrected chi connectivity index (χ3v) is 5.14. The van der Waals surface area contributed by atoms with Crippen molar-refractivity contribution in [1.29, 1.82) is 5.26 Å². The predicted octanol–water partition coefficient (Wildman–Crippen LogP) is 5.33. The molecule has 30 heavy (non-hydrogen) atoms. The van der Waals surface area contributed by atoms with Gasteiger partial charge in [0.25, 0.3) is 0 Å². The number of nitrogens with zero attached hydrogens (tertiary/aromatic N) is 2. The van der Waals surface area contributed by atoms with Gasteiger partial charge in [-0.3, -0.25) is 0 Å². The van der Waals surface area contributed by atoms with E-state index in [4.69, 9.17) is 10.00 Å². The Morgan fingerprint density at radius 1 is 1.00 bits per heavy atom. The van der Waals surface area contributed by atoms with Crippen LogP contribution in [0.2, 0.25) is 0 Å². The van der Waals surface area contributed by atoms with Crippen LogP contribution in [0.25, 0.3) is 10.8 Å². The van der Waals surface area contributed by atoms with Crippen molar-refractivity contribution in [2.75, 3.05) is 6.61 Å². The molecule has 0 saturated heterocycles. The molecule has 0 bridgehead atoms. The van der Waals surface area contributed by atoms with Gasteiger partial charge in [-0.1, -0.05) is 54.6 Å². The summed E-state index contributed by atoms with van der Waals surface area (Å²) in [5.74, 6) is -0.319. The summed E-state index contributed by atoms with van der Waals surface area (Å²) in [6.45, 7) is 2.80. The summed E-state index contributed by atoms with van der Waals surface area (Å²) in [4.78, 5) is 12.6. The molecule has 0 saturated carbocycles. The van der Waals surface area contributed by atoms with E-state index in [2.05, 4.69) is 36.4 Å². The molecule has 0 aliphatic rings. The number of hydrogen-bond acceptors (Lipinski definition) is 3. The van der Waals surface area contributed by atoms with Crippen LogP contribution in [-0.2, 0) is 17.7 Å². The van der Waals surface area contributed by atoms with E-state index in [1.165, 1.54) is 16.3 Å². The topological polar surface area (TPSA) is 55.0 Å². The predicted molar refractivity (Wildman–Crippen MR) is 117 cm³/mol. The number of esters is 1. The molecule has 4 rings (SSSR count). The van der Waals surface area contributed by atoms with Crippen molar-refractivity contribution in [1.82, 2.24) is 4.57 Å². The second-order valence-corrected chi connectivity index (χ2v) is 7.22. The van der Waals surface area contributed by atoms with Crippen LogP contribution >= 0.6 is 0 Å². The van der Waals surface area contributed by atoms with Crippen molar-refractivity contribution in [3.8, 4) is 6.07 Å². The molecule has 148 valence electrons. The molecule has 0 radical (unpaired) electrons. The monoisotopic (exact) mass is 394 g/mol. The van der Waals surface area contributed by atoms with Crippen LogP contribution in [0.1, 0.15) is 39.5 Å². The quantitative estimate of drug-likeness (QED) is 0.415. The molecule has 3 aromatic carbocycles. The van der Waals surface area contributed by atoms with Gasteiger partial charge in [0.05, 0.1) is 23.8 Å². The molecule has 0 aliphatic heterocycles. The highest BCUT2D eigenvalue weighted by Crippen LogP contribution is 2.22. The number of hydrogen-bond donors (Lipinski definition) is 0. The molecular weight excluding hydrogens is 372 g/mol. The van der Waals surface area contributed by atoms with Gasteiger partial charge in [0.1, 0.15) is 0 Å². The number of nitriles is 1. The Balaban J connectivity index is 1.69. The number of aromatic nitrogens is 1. The number of carbonyl (C=O) groups is 1. The molecule has 1 aromatic heterocycles. The molecule has 0 atom stereocenters. The number of benzene rings is 3. The maximum Gasteiger partial charge on any atom is 0.339 e. The minimum Gasteiger partial charge on any atom is -0.462 e. The largest absolute Gasteiger partial charge is 0.462 e. The van der Waals surface area contributed by atoms with Gasteiger partial charge in [0.15, 0.2) is 0 Å². The maximum absolute atomic E-state index is 12.6. The van der Waals surface area contributed by atoms with Gasteiger partial charge >= 0.3 is 5.97 Å². The zero-order valence-corrected chi connectivity index (χ0v) is 16.8. The van der Waals surface area contributed by atoms with Crippen molar-refractivity contribution in [3.63, 3.8) is 0 Å². The SMILES string of the molecule is CCOC(=O)c1cn(Cc2cccc3ccccc23)cc1Cc1cccc(C#N)c1. The van der Waals surface area contributed by atoms with E-state index in [9.17, 15) is 4.79 Å². The van der Waals surface area contributed by atoms with Crippen LogP contribution in [0.15, 0.2) is 79.1 Å². The first-order valence-corrected chi connectivity index (χ1v) is 9.99. The number of fused-ring (bicyclic) bond motifs is 1. The molecule has 0 spiro atoms. The van der Waals surface area contributed by atoms with Crippen molar-refractivity contribution < 1.29 is 9.53 Å². The standard InChI is InChI=1S/C26H22N2O2/c1-2-30-26(29)25-18-28(16-22-11-6-10-21-9-3-4-12-24(21)22)17-23(25)14-19-7-5-8-20(13-19)15-27/h3-13,17-18H,2,14,16H2,1H3. The third kappa shape index (κ3) is 4.11. The molecule has 4 aromatic rings. The van der Waals surface area contributed by atoms with E-state index in [1.54, 1.807) is 13.0 Å². The zero-order valence-electron chi connectivity index (χ0n) is 16.8. The number of carbonyl (C=O) groups excluding carboxylic acids is 1. The van der Waals surface area contributed by atoms with Crippen LogP contribution in [0.3, 0.4) is 0 Å². The normalized spacial score (nSPS) is 10.7. The van der Waals surface area contributed by atoms with Crippen molar-refractivity contribution in [2.45, 2.75) is 19.9 Å². The van der Waals surface area contributed by atoms with E-state index in [0.29, 0.717) is 30.7 Å². The second kappa shape index (κ2) is 8.67. The summed E-state index contributed by atoms with van der Waals surface area (Å²) in [6.07, 6.45) is 4.43. The summed E-state index contributed by atoms with van der Waals surface area (Å²) in [5.41, 5.74) is 4.25. The third-order valence-electron chi connectivity index (χ3n) is 5.14.